The number of fused-ring (bicyclic) bond motifs is 1. The molecule has 12 heteroatoms. The fourth-order valence-electron chi connectivity index (χ4n) is 5.50. The number of rotatable bonds is 11. The van der Waals surface area contributed by atoms with Crippen molar-refractivity contribution >= 4 is 45.2 Å². The maximum absolute atomic E-state index is 13.0. The van der Waals surface area contributed by atoms with Crippen LogP contribution in [0.5, 0.6) is 0 Å². The summed E-state index contributed by atoms with van der Waals surface area (Å²) in [7, 11) is 0. The lowest BCUT2D eigenvalue weighted by Crippen LogP contribution is -2.39. The van der Waals surface area contributed by atoms with Crippen molar-refractivity contribution < 1.29 is 13.2 Å². The summed E-state index contributed by atoms with van der Waals surface area (Å²) in [5.74, 6) is 0.949. The third-order valence-electron chi connectivity index (χ3n) is 7.68. The van der Waals surface area contributed by atoms with Crippen LogP contribution in [0, 0.1) is 18.3 Å². The second-order valence-corrected chi connectivity index (χ2v) is 11.8. The molecule has 0 radical (unpaired) electrons. The Morgan fingerprint density at radius 2 is 2.02 bits per heavy atom. The summed E-state index contributed by atoms with van der Waals surface area (Å²) >= 11 is 1.04. The summed E-state index contributed by atoms with van der Waals surface area (Å²) in [6.07, 6.45) is 3.42. The van der Waals surface area contributed by atoms with Crippen molar-refractivity contribution in [2.75, 3.05) is 29.9 Å². The lowest BCUT2D eigenvalue weighted by Gasteiger charge is -2.33. The summed E-state index contributed by atoms with van der Waals surface area (Å²) in [4.78, 5) is 14.1. The van der Waals surface area contributed by atoms with E-state index in [9.17, 15) is 18.4 Å². The molecule has 0 unspecified atom stereocenters. The maximum Gasteiger partial charge on any atom is 0.393 e. The number of halogens is 3. The van der Waals surface area contributed by atoms with E-state index < -0.39 is 12.6 Å². The molecule has 1 aromatic carbocycles. The van der Waals surface area contributed by atoms with Crippen molar-refractivity contribution in [1.29, 1.82) is 5.26 Å². The van der Waals surface area contributed by atoms with E-state index in [4.69, 9.17) is 0 Å². The number of hydrogen-bond donors (Lipinski definition) is 2. The van der Waals surface area contributed by atoms with Gasteiger partial charge in [-0.15, -0.1) is 11.3 Å². The van der Waals surface area contributed by atoms with Crippen molar-refractivity contribution in [2.45, 2.75) is 51.5 Å². The molecule has 4 aromatic rings. The van der Waals surface area contributed by atoms with Crippen LogP contribution in [0.2, 0.25) is 0 Å². The zero-order chi connectivity index (χ0) is 30.6. The van der Waals surface area contributed by atoms with Crippen LogP contribution in [0.15, 0.2) is 43.8 Å². The van der Waals surface area contributed by atoms with Gasteiger partial charge in [0.15, 0.2) is 5.82 Å². The van der Waals surface area contributed by atoms with E-state index in [2.05, 4.69) is 68.7 Å². The summed E-state index contributed by atoms with van der Waals surface area (Å²) in [6.45, 7) is 13.2. The molecule has 1 aliphatic heterocycles. The maximum atomic E-state index is 13.0. The highest BCUT2D eigenvalue weighted by Gasteiger charge is 2.29. The number of benzene rings is 1. The highest BCUT2D eigenvalue weighted by molar-refractivity contribution is 7.18. The first-order chi connectivity index (χ1) is 20.7. The van der Waals surface area contributed by atoms with Gasteiger partial charge < -0.3 is 10.2 Å². The van der Waals surface area contributed by atoms with E-state index in [1.165, 1.54) is 11.6 Å². The first-order valence-corrected chi connectivity index (χ1v) is 14.8. The Labute approximate surface area is 252 Å². The Morgan fingerprint density at radius 3 is 2.67 bits per heavy atom. The molecule has 3 aromatic heterocycles. The molecule has 5 rings (SSSR count). The number of thiophene rings is 1. The molecule has 0 saturated carbocycles. The van der Waals surface area contributed by atoms with Gasteiger partial charge in [0, 0.05) is 60.1 Å². The first kappa shape index (κ1) is 30.3. The number of alkyl halides is 3. The fourth-order valence-corrected chi connectivity index (χ4v) is 6.57. The van der Waals surface area contributed by atoms with Gasteiger partial charge in [-0.25, -0.2) is 9.97 Å². The standard InChI is InChI=1S/C31H33F3N8S/c1-4-25-20(3)22(6-7-27(25)42(13-10-35)18-21-16-36-37-17-21)19-41-11-8-23(9-12-41)38-29-26-14-24(15-31(32,33)34)43-30(26)40-28(5-2)39-29/h4-7,14,16-17,23H,1-2,8-9,11-13,15,18-19H2,3H3,(H,36,37)(H,38,39,40). The van der Waals surface area contributed by atoms with Crippen LogP contribution in [-0.4, -0.2) is 56.9 Å². The average Bonchev–Trinajstić information content (AvgIpc) is 3.63. The Balaban J connectivity index is 1.26. The average molecular weight is 607 g/mol. The van der Waals surface area contributed by atoms with E-state index in [-0.39, 0.29) is 17.5 Å². The number of anilines is 2. The number of nitrogens with one attached hydrogen (secondary N) is 2. The predicted octanol–water partition coefficient (Wildman–Crippen LogP) is 6.72. The van der Waals surface area contributed by atoms with Gasteiger partial charge in [-0.05, 0) is 49.1 Å². The minimum atomic E-state index is -4.28. The quantitative estimate of drug-likeness (QED) is 0.183. The molecule has 43 heavy (non-hydrogen) atoms. The van der Waals surface area contributed by atoms with Gasteiger partial charge >= 0.3 is 6.18 Å². The van der Waals surface area contributed by atoms with Gasteiger partial charge in [0.1, 0.15) is 17.2 Å². The van der Waals surface area contributed by atoms with E-state index in [1.54, 1.807) is 12.3 Å². The monoisotopic (exact) mass is 606 g/mol. The van der Waals surface area contributed by atoms with Crippen molar-refractivity contribution in [3.05, 3.63) is 76.7 Å². The lowest BCUT2D eigenvalue weighted by atomic mass is 9.97. The smallest absolute Gasteiger partial charge is 0.367 e. The van der Waals surface area contributed by atoms with Crippen LogP contribution in [0.3, 0.4) is 0 Å². The number of piperidine rings is 1. The van der Waals surface area contributed by atoms with E-state index in [0.29, 0.717) is 28.4 Å². The zero-order valence-corrected chi connectivity index (χ0v) is 24.7. The zero-order valence-electron chi connectivity index (χ0n) is 23.9. The summed E-state index contributed by atoms with van der Waals surface area (Å²) in [6, 6.07) is 8.15. The summed E-state index contributed by atoms with van der Waals surface area (Å²) < 4.78 is 39.1. The van der Waals surface area contributed by atoms with Crippen LogP contribution in [0.4, 0.5) is 24.7 Å². The van der Waals surface area contributed by atoms with Gasteiger partial charge in [-0.3, -0.25) is 10.00 Å². The summed E-state index contributed by atoms with van der Waals surface area (Å²) in [5.41, 5.74) is 5.31. The normalized spacial score (nSPS) is 14.5. The largest absolute Gasteiger partial charge is 0.393 e. The van der Waals surface area contributed by atoms with Crippen LogP contribution in [-0.2, 0) is 19.5 Å². The molecule has 8 nitrogen and oxygen atoms in total. The molecule has 4 heterocycles. The first-order valence-electron chi connectivity index (χ1n) is 14.0. The third-order valence-corrected chi connectivity index (χ3v) is 8.71. The Kier molecular flexibility index (Phi) is 9.13. The van der Waals surface area contributed by atoms with E-state index in [1.807, 2.05) is 17.2 Å². The molecule has 0 amide bonds. The minimum absolute atomic E-state index is 0.132. The Morgan fingerprint density at radius 1 is 1.23 bits per heavy atom. The molecule has 1 saturated heterocycles. The molecule has 1 aliphatic rings. The number of hydrogen-bond acceptors (Lipinski definition) is 8. The molecule has 2 N–H and O–H groups in total. The SMILES string of the molecule is C=Cc1nc(NC2CCN(Cc3ccc(N(CC#N)Cc4cn[nH]c4)c(C=C)c3C)CC2)c2cc(CC(F)(F)F)sc2n1. The highest BCUT2D eigenvalue weighted by atomic mass is 32.1. The van der Waals surface area contributed by atoms with Crippen LogP contribution in [0.1, 0.15) is 45.8 Å². The molecule has 0 atom stereocenters. The molecular weight excluding hydrogens is 573 g/mol. The van der Waals surface area contributed by atoms with Gasteiger partial charge in [-0.1, -0.05) is 25.3 Å². The van der Waals surface area contributed by atoms with Crippen molar-refractivity contribution in [2.24, 2.45) is 0 Å². The molecule has 0 spiro atoms. The molecule has 1 fully saturated rings. The topological polar surface area (TPSA) is 96.8 Å². The minimum Gasteiger partial charge on any atom is -0.367 e. The van der Waals surface area contributed by atoms with Crippen LogP contribution >= 0.6 is 11.3 Å². The number of nitrogens with zero attached hydrogens (tertiary/aromatic N) is 6. The Bertz CT molecular complexity index is 1630. The Hall–Kier alpha value is -4.21. The molecule has 0 bridgehead atoms. The predicted molar refractivity (Wildman–Crippen MR) is 166 cm³/mol. The van der Waals surface area contributed by atoms with E-state index in [0.717, 1.165) is 66.2 Å². The number of aromatic amines is 1. The van der Waals surface area contributed by atoms with E-state index >= 15 is 0 Å². The third kappa shape index (κ3) is 7.24. The van der Waals surface area contributed by atoms with Crippen molar-refractivity contribution in [3.63, 3.8) is 0 Å². The number of H-pyrrole nitrogens is 1. The van der Waals surface area contributed by atoms with Gasteiger partial charge in [0.2, 0.25) is 0 Å². The van der Waals surface area contributed by atoms with Crippen LogP contribution in [0.25, 0.3) is 22.4 Å². The highest BCUT2D eigenvalue weighted by Crippen LogP contribution is 2.34. The number of aromatic nitrogens is 4. The second kappa shape index (κ2) is 13.0. The van der Waals surface area contributed by atoms with Gasteiger partial charge in [0.25, 0.3) is 0 Å². The number of nitriles is 1. The van der Waals surface area contributed by atoms with Gasteiger partial charge in [0.05, 0.1) is 24.1 Å². The molecule has 0 aliphatic carbocycles. The van der Waals surface area contributed by atoms with Crippen LogP contribution < -0.4 is 10.2 Å². The summed E-state index contributed by atoms with van der Waals surface area (Å²) in [5, 5.41) is 20.4. The fraction of sp³-hybridized carbons (Fsp3) is 0.355. The van der Waals surface area contributed by atoms with Crippen molar-refractivity contribution in [1.82, 2.24) is 25.1 Å². The second-order valence-electron chi connectivity index (χ2n) is 10.7. The van der Waals surface area contributed by atoms with Gasteiger partial charge in [-0.2, -0.15) is 23.5 Å². The lowest BCUT2D eigenvalue weighted by molar-refractivity contribution is -0.126. The van der Waals surface area contributed by atoms with Crippen molar-refractivity contribution in [3.8, 4) is 6.07 Å². The number of likely N-dealkylation sites (tertiary alicyclic amines) is 1. The molecular formula is C31H33F3N8S. The molecule has 224 valence electrons.